The number of amides is 1. The van der Waals surface area contributed by atoms with Gasteiger partial charge in [-0.25, -0.2) is 4.98 Å². The lowest BCUT2D eigenvalue weighted by molar-refractivity contribution is -0.385. The molecular formula is C22H17N3O4. The minimum atomic E-state index is -0.498. The van der Waals surface area contributed by atoms with Crippen LogP contribution in [0.3, 0.4) is 0 Å². The lowest BCUT2D eigenvalue weighted by atomic mass is 10.1. The fraction of sp³-hybridized carbons (Fsp3) is 0.0909. The molecule has 4 rings (SSSR count). The molecule has 7 nitrogen and oxygen atoms in total. The number of hydrogen-bond acceptors (Lipinski definition) is 5. The fourth-order valence-corrected chi connectivity index (χ4v) is 3.16. The van der Waals surface area contributed by atoms with Gasteiger partial charge in [0.15, 0.2) is 11.5 Å². The van der Waals surface area contributed by atoms with Gasteiger partial charge in [-0.2, -0.15) is 0 Å². The number of fused-ring (bicyclic) bond motifs is 1. The molecule has 0 fully saturated rings. The Kier molecular flexibility index (Phi) is 4.78. The summed E-state index contributed by atoms with van der Waals surface area (Å²) in [4.78, 5) is 27.7. The number of aromatic nitrogens is 1. The van der Waals surface area contributed by atoms with Gasteiger partial charge in [0.25, 0.3) is 11.6 Å². The average molecular weight is 387 g/mol. The third kappa shape index (κ3) is 3.84. The number of nitrogens with zero attached hydrogens (tertiary/aromatic N) is 2. The van der Waals surface area contributed by atoms with Crippen molar-refractivity contribution in [2.24, 2.45) is 0 Å². The van der Waals surface area contributed by atoms with Crippen molar-refractivity contribution in [3.05, 3.63) is 99.4 Å². The second-order valence-electron chi connectivity index (χ2n) is 6.61. The van der Waals surface area contributed by atoms with Crippen LogP contribution in [-0.2, 0) is 6.42 Å². The monoisotopic (exact) mass is 387 g/mol. The number of benzene rings is 3. The number of nitrogens with one attached hydrogen (secondary N) is 1. The molecule has 3 aromatic carbocycles. The molecule has 7 heteroatoms. The van der Waals surface area contributed by atoms with E-state index in [4.69, 9.17) is 4.42 Å². The Hall–Kier alpha value is -4.00. The fourth-order valence-electron chi connectivity index (χ4n) is 3.16. The van der Waals surface area contributed by atoms with E-state index < -0.39 is 10.8 Å². The van der Waals surface area contributed by atoms with Crippen LogP contribution >= 0.6 is 0 Å². The molecule has 0 aliphatic carbocycles. The highest BCUT2D eigenvalue weighted by Crippen LogP contribution is 2.24. The highest BCUT2D eigenvalue weighted by molar-refractivity contribution is 6.06. The highest BCUT2D eigenvalue weighted by atomic mass is 16.6. The zero-order chi connectivity index (χ0) is 20.4. The Morgan fingerprint density at radius 3 is 2.66 bits per heavy atom. The SMILES string of the molecule is Cc1c(C(=O)Nc2ccc3oc(Cc4ccccc4)nc3c2)cccc1[N+](=O)[O-]. The van der Waals surface area contributed by atoms with E-state index in [9.17, 15) is 14.9 Å². The summed E-state index contributed by atoms with van der Waals surface area (Å²) in [6, 6.07) is 19.5. The van der Waals surface area contributed by atoms with Crippen LogP contribution < -0.4 is 5.32 Å². The largest absolute Gasteiger partial charge is 0.440 e. The number of nitro benzene ring substituents is 1. The summed E-state index contributed by atoms with van der Waals surface area (Å²) in [5, 5.41) is 13.9. The molecule has 144 valence electrons. The number of anilines is 1. The summed E-state index contributed by atoms with van der Waals surface area (Å²) in [5.74, 6) is 0.169. The maximum absolute atomic E-state index is 12.6. The normalized spacial score (nSPS) is 10.8. The quantitative estimate of drug-likeness (QED) is 0.388. The summed E-state index contributed by atoms with van der Waals surface area (Å²) in [5.41, 5.74) is 3.37. The van der Waals surface area contributed by atoms with E-state index in [1.54, 1.807) is 31.2 Å². The van der Waals surface area contributed by atoms with Crippen molar-refractivity contribution in [3.8, 4) is 0 Å². The van der Waals surface area contributed by atoms with Crippen LogP contribution in [0.5, 0.6) is 0 Å². The zero-order valence-corrected chi connectivity index (χ0v) is 15.6. The molecule has 1 aromatic heterocycles. The zero-order valence-electron chi connectivity index (χ0n) is 15.6. The molecule has 0 unspecified atom stereocenters. The molecule has 1 heterocycles. The van der Waals surface area contributed by atoms with Gasteiger partial charge in [0, 0.05) is 29.3 Å². The van der Waals surface area contributed by atoms with Crippen LogP contribution in [0.2, 0.25) is 0 Å². The summed E-state index contributed by atoms with van der Waals surface area (Å²) < 4.78 is 5.78. The van der Waals surface area contributed by atoms with E-state index in [0.717, 1.165) is 5.56 Å². The summed E-state index contributed by atoms with van der Waals surface area (Å²) >= 11 is 0. The van der Waals surface area contributed by atoms with Gasteiger partial charge in [-0.15, -0.1) is 0 Å². The van der Waals surface area contributed by atoms with Crippen LogP contribution in [0.4, 0.5) is 11.4 Å². The number of carbonyl (C=O) groups excluding carboxylic acids is 1. The number of rotatable bonds is 5. The third-order valence-corrected chi connectivity index (χ3v) is 4.63. The van der Waals surface area contributed by atoms with E-state index in [2.05, 4.69) is 10.3 Å². The minimum Gasteiger partial charge on any atom is -0.440 e. The maximum Gasteiger partial charge on any atom is 0.273 e. The van der Waals surface area contributed by atoms with Gasteiger partial charge in [0.05, 0.1) is 4.92 Å². The van der Waals surface area contributed by atoms with Gasteiger partial charge in [0.1, 0.15) is 5.52 Å². The number of hydrogen-bond donors (Lipinski definition) is 1. The molecule has 0 radical (unpaired) electrons. The highest BCUT2D eigenvalue weighted by Gasteiger charge is 2.18. The molecule has 1 N–H and O–H groups in total. The van der Waals surface area contributed by atoms with Gasteiger partial charge < -0.3 is 9.73 Å². The van der Waals surface area contributed by atoms with Gasteiger partial charge in [-0.3, -0.25) is 14.9 Å². The maximum atomic E-state index is 12.6. The first kappa shape index (κ1) is 18.4. The lowest BCUT2D eigenvalue weighted by Gasteiger charge is -2.07. The molecule has 0 saturated carbocycles. The van der Waals surface area contributed by atoms with Crippen molar-refractivity contribution >= 4 is 28.4 Å². The average Bonchev–Trinajstić information content (AvgIpc) is 3.10. The Labute approximate surface area is 166 Å². The Morgan fingerprint density at radius 1 is 1.10 bits per heavy atom. The van der Waals surface area contributed by atoms with Crippen molar-refractivity contribution in [3.63, 3.8) is 0 Å². The number of oxazole rings is 1. The van der Waals surface area contributed by atoms with Gasteiger partial charge in [0.2, 0.25) is 0 Å². The first-order valence-electron chi connectivity index (χ1n) is 9.00. The van der Waals surface area contributed by atoms with Gasteiger partial charge >= 0.3 is 0 Å². The Bertz CT molecular complexity index is 1220. The van der Waals surface area contributed by atoms with Crippen molar-refractivity contribution in [2.75, 3.05) is 5.32 Å². The van der Waals surface area contributed by atoms with Crippen molar-refractivity contribution in [2.45, 2.75) is 13.3 Å². The predicted molar refractivity (Wildman–Crippen MR) is 109 cm³/mol. The van der Waals surface area contributed by atoms with E-state index >= 15 is 0 Å². The molecule has 0 spiro atoms. The van der Waals surface area contributed by atoms with Crippen LogP contribution in [0.15, 0.2) is 71.1 Å². The first-order chi connectivity index (χ1) is 14.0. The first-order valence-corrected chi connectivity index (χ1v) is 9.00. The Balaban J connectivity index is 1.56. The van der Waals surface area contributed by atoms with Crippen LogP contribution in [0, 0.1) is 17.0 Å². The van der Waals surface area contributed by atoms with E-state index in [-0.39, 0.29) is 11.3 Å². The second kappa shape index (κ2) is 7.55. The van der Waals surface area contributed by atoms with Crippen LogP contribution in [-0.4, -0.2) is 15.8 Å². The molecule has 4 aromatic rings. The molecule has 0 bridgehead atoms. The third-order valence-electron chi connectivity index (χ3n) is 4.63. The topological polar surface area (TPSA) is 98.3 Å². The van der Waals surface area contributed by atoms with E-state index in [1.807, 2.05) is 30.3 Å². The van der Waals surface area contributed by atoms with Crippen LogP contribution in [0.25, 0.3) is 11.1 Å². The molecule has 0 saturated heterocycles. The van der Waals surface area contributed by atoms with E-state index in [1.165, 1.54) is 12.1 Å². The number of nitro groups is 1. The molecular weight excluding hydrogens is 370 g/mol. The standard InChI is InChI=1S/C22H17N3O4/c1-14-17(8-5-9-19(14)25(27)28)22(26)23-16-10-11-20-18(13-16)24-21(29-20)12-15-6-3-2-4-7-15/h2-11,13H,12H2,1H3,(H,23,26). The van der Waals surface area contributed by atoms with Gasteiger partial charge in [-0.1, -0.05) is 36.4 Å². The smallest absolute Gasteiger partial charge is 0.273 e. The van der Waals surface area contributed by atoms with E-state index in [0.29, 0.717) is 34.7 Å². The molecule has 0 aliphatic heterocycles. The Morgan fingerprint density at radius 2 is 1.90 bits per heavy atom. The molecule has 29 heavy (non-hydrogen) atoms. The summed E-state index contributed by atoms with van der Waals surface area (Å²) in [7, 11) is 0. The van der Waals surface area contributed by atoms with Crippen molar-refractivity contribution in [1.82, 2.24) is 4.98 Å². The van der Waals surface area contributed by atoms with Crippen molar-refractivity contribution < 1.29 is 14.1 Å². The summed E-state index contributed by atoms with van der Waals surface area (Å²) in [6.45, 7) is 1.56. The number of carbonyl (C=O) groups is 1. The molecule has 1 amide bonds. The summed E-state index contributed by atoms with van der Waals surface area (Å²) in [6.07, 6.45) is 0.574. The van der Waals surface area contributed by atoms with Crippen LogP contribution in [0.1, 0.15) is 27.4 Å². The van der Waals surface area contributed by atoms with Gasteiger partial charge in [-0.05, 0) is 36.8 Å². The molecule has 0 aliphatic rings. The minimum absolute atomic E-state index is 0.0878. The second-order valence-corrected chi connectivity index (χ2v) is 6.61. The molecule has 0 atom stereocenters. The van der Waals surface area contributed by atoms with Crippen molar-refractivity contribution in [1.29, 1.82) is 0 Å². The lowest BCUT2D eigenvalue weighted by Crippen LogP contribution is -2.14. The predicted octanol–water partition coefficient (Wildman–Crippen LogP) is 4.89.